The Kier molecular flexibility index (Phi) is 2.76. The average molecular weight is 182 g/mol. The van der Waals surface area contributed by atoms with Crippen LogP contribution >= 0.6 is 0 Å². The fraction of sp³-hybridized carbons (Fsp3) is 0.700. The Labute approximate surface area is 79.4 Å². The standard InChI is InChI=1S/C10H18N2O/c1-8(13)5-9-6-11-12(7-9)10(2,3)4/h6-8,13H,5H2,1-4H3/t8-/m0/s1. The van der Waals surface area contributed by atoms with E-state index in [0.29, 0.717) is 6.42 Å². The topological polar surface area (TPSA) is 38.1 Å². The fourth-order valence-electron chi connectivity index (χ4n) is 1.17. The molecule has 0 radical (unpaired) electrons. The molecule has 0 bridgehead atoms. The van der Waals surface area contributed by atoms with Crippen molar-refractivity contribution in [3.05, 3.63) is 18.0 Å². The van der Waals surface area contributed by atoms with E-state index in [1.54, 1.807) is 6.92 Å². The van der Waals surface area contributed by atoms with Gasteiger partial charge in [-0.15, -0.1) is 0 Å². The van der Waals surface area contributed by atoms with Crippen LogP contribution in [0, 0.1) is 0 Å². The minimum atomic E-state index is -0.294. The molecule has 1 rings (SSSR count). The fourth-order valence-corrected chi connectivity index (χ4v) is 1.17. The van der Waals surface area contributed by atoms with Crippen LogP contribution in [0.3, 0.4) is 0 Å². The van der Waals surface area contributed by atoms with Crippen molar-refractivity contribution in [3.8, 4) is 0 Å². The summed E-state index contributed by atoms with van der Waals surface area (Å²) in [5.41, 5.74) is 1.11. The van der Waals surface area contributed by atoms with Gasteiger partial charge in [0.05, 0.1) is 17.8 Å². The highest BCUT2D eigenvalue weighted by Crippen LogP contribution is 2.13. The van der Waals surface area contributed by atoms with E-state index in [1.165, 1.54) is 0 Å². The second-order valence-corrected chi connectivity index (χ2v) is 4.52. The Morgan fingerprint density at radius 3 is 2.54 bits per heavy atom. The molecule has 3 nitrogen and oxygen atoms in total. The van der Waals surface area contributed by atoms with Gasteiger partial charge in [0.2, 0.25) is 0 Å². The van der Waals surface area contributed by atoms with E-state index in [9.17, 15) is 5.11 Å². The van der Waals surface area contributed by atoms with E-state index in [-0.39, 0.29) is 11.6 Å². The van der Waals surface area contributed by atoms with Gasteiger partial charge in [-0.2, -0.15) is 5.10 Å². The third kappa shape index (κ3) is 2.84. The highest BCUT2D eigenvalue weighted by atomic mass is 16.3. The zero-order chi connectivity index (χ0) is 10.1. The second kappa shape index (κ2) is 3.50. The lowest BCUT2D eigenvalue weighted by molar-refractivity contribution is 0.195. The van der Waals surface area contributed by atoms with E-state index in [4.69, 9.17) is 0 Å². The van der Waals surface area contributed by atoms with Crippen molar-refractivity contribution in [2.75, 3.05) is 0 Å². The monoisotopic (exact) mass is 182 g/mol. The van der Waals surface area contributed by atoms with Crippen LogP contribution in [0.4, 0.5) is 0 Å². The van der Waals surface area contributed by atoms with Crippen LogP contribution < -0.4 is 0 Å². The number of hydrogen-bond acceptors (Lipinski definition) is 2. The molecule has 0 aromatic carbocycles. The first-order valence-corrected chi connectivity index (χ1v) is 4.61. The molecule has 0 aliphatic rings. The summed E-state index contributed by atoms with van der Waals surface area (Å²) in [7, 11) is 0. The molecule has 1 aromatic heterocycles. The number of aromatic nitrogens is 2. The van der Waals surface area contributed by atoms with Gasteiger partial charge in [0, 0.05) is 12.6 Å². The van der Waals surface area contributed by atoms with E-state index in [0.717, 1.165) is 5.56 Å². The Bertz CT molecular complexity index is 271. The van der Waals surface area contributed by atoms with Crippen molar-refractivity contribution >= 4 is 0 Å². The van der Waals surface area contributed by atoms with E-state index in [2.05, 4.69) is 25.9 Å². The maximum atomic E-state index is 9.18. The summed E-state index contributed by atoms with van der Waals surface area (Å²) in [5, 5.41) is 13.4. The molecule has 1 N–H and O–H groups in total. The lowest BCUT2D eigenvalue weighted by atomic mass is 10.1. The van der Waals surface area contributed by atoms with Crippen LogP contribution in [0.2, 0.25) is 0 Å². The largest absolute Gasteiger partial charge is 0.393 e. The third-order valence-corrected chi connectivity index (χ3v) is 1.85. The van der Waals surface area contributed by atoms with Crippen LogP contribution in [-0.4, -0.2) is 21.0 Å². The predicted octanol–water partition coefficient (Wildman–Crippen LogP) is 1.56. The summed E-state index contributed by atoms with van der Waals surface area (Å²) in [6, 6.07) is 0. The van der Waals surface area contributed by atoms with Crippen LogP contribution in [-0.2, 0) is 12.0 Å². The lowest BCUT2D eigenvalue weighted by Gasteiger charge is -2.18. The minimum absolute atomic E-state index is 0.0247. The third-order valence-electron chi connectivity index (χ3n) is 1.85. The molecule has 1 aromatic rings. The highest BCUT2D eigenvalue weighted by Gasteiger charge is 2.14. The summed E-state index contributed by atoms with van der Waals surface area (Å²) in [6.07, 6.45) is 4.19. The van der Waals surface area contributed by atoms with Crippen molar-refractivity contribution in [2.24, 2.45) is 0 Å². The minimum Gasteiger partial charge on any atom is -0.393 e. The van der Waals surface area contributed by atoms with Gasteiger partial charge < -0.3 is 5.11 Å². The molecule has 0 saturated heterocycles. The zero-order valence-corrected chi connectivity index (χ0v) is 8.78. The van der Waals surface area contributed by atoms with Crippen molar-refractivity contribution in [3.63, 3.8) is 0 Å². The molecule has 1 heterocycles. The average Bonchev–Trinajstić information content (AvgIpc) is 2.32. The van der Waals surface area contributed by atoms with Gasteiger partial charge in [0.1, 0.15) is 0 Å². The Balaban J connectivity index is 2.75. The summed E-state index contributed by atoms with van der Waals surface area (Å²) < 4.78 is 1.92. The maximum Gasteiger partial charge on any atom is 0.0553 e. The first-order chi connectivity index (χ1) is 5.89. The van der Waals surface area contributed by atoms with Crippen molar-refractivity contribution in [2.45, 2.75) is 45.8 Å². The van der Waals surface area contributed by atoms with Crippen LogP contribution in [0.1, 0.15) is 33.3 Å². The van der Waals surface area contributed by atoms with Gasteiger partial charge in [-0.25, -0.2) is 0 Å². The summed E-state index contributed by atoms with van der Waals surface area (Å²) in [6.45, 7) is 8.10. The SMILES string of the molecule is C[C@H](O)Cc1cnn(C(C)(C)C)c1. The van der Waals surface area contributed by atoms with E-state index in [1.807, 2.05) is 17.1 Å². The lowest BCUT2D eigenvalue weighted by Crippen LogP contribution is -2.22. The summed E-state index contributed by atoms with van der Waals surface area (Å²) in [5.74, 6) is 0. The Hall–Kier alpha value is -0.830. The molecular weight excluding hydrogens is 164 g/mol. The van der Waals surface area contributed by atoms with Gasteiger partial charge in [-0.1, -0.05) is 0 Å². The second-order valence-electron chi connectivity index (χ2n) is 4.52. The number of nitrogens with zero attached hydrogens (tertiary/aromatic N) is 2. The van der Waals surface area contributed by atoms with Gasteiger partial charge in [0.25, 0.3) is 0 Å². The predicted molar refractivity (Wildman–Crippen MR) is 52.6 cm³/mol. The number of hydrogen-bond donors (Lipinski definition) is 1. The van der Waals surface area contributed by atoms with E-state index < -0.39 is 0 Å². The normalized spacial score (nSPS) is 14.5. The molecular formula is C10H18N2O. The summed E-state index contributed by atoms with van der Waals surface area (Å²) >= 11 is 0. The van der Waals surface area contributed by atoms with Gasteiger partial charge >= 0.3 is 0 Å². The molecule has 1 atom stereocenters. The Morgan fingerprint density at radius 2 is 2.15 bits per heavy atom. The van der Waals surface area contributed by atoms with Crippen LogP contribution in [0.25, 0.3) is 0 Å². The molecule has 0 aliphatic carbocycles. The summed E-state index contributed by atoms with van der Waals surface area (Å²) in [4.78, 5) is 0. The van der Waals surface area contributed by atoms with Gasteiger partial charge in [-0.3, -0.25) is 4.68 Å². The molecule has 0 unspecified atom stereocenters. The molecule has 0 spiro atoms. The number of aliphatic hydroxyl groups is 1. The van der Waals surface area contributed by atoms with E-state index >= 15 is 0 Å². The molecule has 0 amide bonds. The molecule has 0 fully saturated rings. The first-order valence-electron chi connectivity index (χ1n) is 4.61. The quantitative estimate of drug-likeness (QED) is 0.753. The molecule has 3 heteroatoms. The maximum absolute atomic E-state index is 9.18. The smallest absolute Gasteiger partial charge is 0.0553 e. The zero-order valence-electron chi connectivity index (χ0n) is 8.78. The molecule has 0 aliphatic heterocycles. The number of aliphatic hydroxyl groups excluding tert-OH is 1. The Morgan fingerprint density at radius 1 is 1.54 bits per heavy atom. The number of rotatable bonds is 2. The van der Waals surface area contributed by atoms with Crippen molar-refractivity contribution < 1.29 is 5.11 Å². The highest BCUT2D eigenvalue weighted by molar-refractivity contribution is 5.06. The van der Waals surface area contributed by atoms with Crippen molar-refractivity contribution in [1.82, 2.24) is 9.78 Å². The van der Waals surface area contributed by atoms with Crippen LogP contribution in [0.5, 0.6) is 0 Å². The first kappa shape index (κ1) is 10.3. The van der Waals surface area contributed by atoms with Gasteiger partial charge in [0.15, 0.2) is 0 Å². The molecule has 13 heavy (non-hydrogen) atoms. The molecule has 0 saturated carbocycles. The van der Waals surface area contributed by atoms with Crippen molar-refractivity contribution in [1.29, 1.82) is 0 Å². The van der Waals surface area contributed by atoms with Gasteiger partial charge in [-0.05, 0) is 33.3 Å². The van der Waals surface area contributed by atoms with Crippen LogP contribution in [0.15, 0.2) is 12.4 Å². The molecule has 74 valence electrons.